The molecule has 1 N–H and O–H groups in total. The fraction of sp³-hybridized carbons (Fsp3) is 0.500. The molecule has 0 spiro atoms. The van der Waals surface area contributed by atoms with Crippen molar-refractivity contribution in [2.24, 2.45) is 11.8 Å². The zero-order chi connectivity index (χ0) is 13.2. The molecular formula is C16H20ClNS. The molecule has 0 aliphatic heterocycles. The number of hydrogen-bond acceptors (Lipinski definition) is 2. The van der Waals surface area contributed by atoms with E-state index in [1.54, 1.807) is 0 Å². The van der Waals surface area contributed by atoms with Crippen LogP contribution in [0.3, 0.4) is 0 Å². The van der Waals surface area contributed by atoms with Crippen LogP contribution in [0.25, 0.3) is 10.1 Å². The Morgan fingerprint density at radius 1 is 1.32 bits per heavy atom. The van der Waals surface area contributed by atoms with E-state index in [0.717, 1.165) is 29.9 Å². The van der Waals surface area contributed by atoms with Crippen molar-refractivity contribution < 1.29 is 0 Å². The van der Waals surface area contributed by atoms with Crippen molar-refractivity contribution in [1.82, 2.24) is 5.32 Å². The molecule has 1 heterocycles. The van der Waals surface area contributed by atoms with Gasteiger partial charge in [0.25, 0.3) is 0 Å². The van der Waals surface area contributed by atoms with Crippen LogP contribution in [0.2, 0.25) is 5.02 Å². The first-order chi connectivity index (χ1) is 9.24. The molecule has 3 rings (SSSR count). The van der Waals surface area contributed by atoms with Crippen LogP contribution < -0.4 is 5.32 Å². The van der Waals surface area contributed by atoms with Gasteiger partial charge < -0.3 is 5.32 Å². The molecule has 0 amide bonds. The van der Waals surface area contributed by atoms with E-state index in [-0.39, 0.29) is 0 Å². The number of halogens is 1. The van der Waals surface area contributed by atoms with Gasteiger partial charge in [0.1, 0.15) is 0 Å². The van der Waals surface area contributed by atoms with E-state index in [4.69, 9.17) is 11.6 Å². The molecule has 2 atom stereocenters. The second kappa shape index (κ2) is 5.82. The van der Waals surface area contributed by atoms with Crippen LogP contribution in [0.4, 0.5) is 0 Å². The van der Waals surface area contributed by atoms with Crippen LogP contribution in [0.5, 0.6) is 0 Å². The van der Waals surface area contributed by atoms with Crippen molar-refractivity contribution in [2.45, 2.75) is 32.7 Å². The summed E-state index contributed by atoms with van der Waals surface area (Å²) in [5.74, 6) is 1.78. The summed E-state index contributed by atoms with van der Waals surface area (Å²) in [4.78, 5) is 1.27. The van der Waals surface area contributed by atoms with E-state index in [1.807, 2.05) is 11.3 Å². The predicted octanol–water partition coefficient (Wildman–Crippen LogP) is 5.08. The average Bonchev–Trinajstić information content (AvgIpc) is 2.96. The Labute approximate surface area is 124 Å². The number of hydrogen-bond donors (Lipinski definition) is 1. The first-order valence-corrected chi connectivity index (χ1v) is 8.30. The SMILES string of the molecule is CC1CCC(CNCc2sc3ccccc3c2Cl)C1. The molecule has 2 unspecified atom stereocenters. The maximum absolute atomic E-state index is 6.45. The molecule has 0 saturated heterocycles. The molecule has 2 aromatic rings. The van der Waals surface area contributed by atoms with E-state index in [1.165, 1.54) is 34.2 Å². The molecule has 1 aliphatic rings. The minimum atomic E-state index is 0.864. The van der Waals surface area contributed by atoms with Crippen LogP contribution in [0, 0.1) is 11.8 Å². The molecule has 1 aromatic carbocycles. The zero-order valence-corrected chi connectivity index (χ0v) is 12.9. The second-order valence-electron chi connectivity index (χ2n) is 5.75. The summed E-state index contributed by atoms with van der Waals surface area (Å²) in [6, 6.07) is 8.38. The van der Waals surface area contributed by atoms with Crippen LogP contribution >= 0.6 is 22.9 Å². The molecule has 0 radical (unpaired) electrons. The van der Waals surface area contributed by atoms with E-state index in [2.05, 4.69) is 36.5 Å². The largest absolute Gasteiger partial charge is 0.312 e. The van der Waals surface area contributed by atoms with Crippen molar-refractivity contribution in [3.8, 4) is 0 Å². The van der Waals surface area contributed by atoms with Crippen molar-refractivity contribution in [1.29, 1.82) is 0 Å². The van der Waals surface area contributed by atoms with Crippen LogP contribution in [0.15, 0.2) is 24.3 Å². The maximum atomic E-state index is 6.45. The number of fused-ring (bicyclic) bond motifs is 1. The van der Waals surface area contributed by atoms with Gasteiger partial charge in [-0.15, -0.1) is 11.3 Å². The lowest BCUT2D eigenvalue weighted by atomic mass is 10.1. The lowest BCUT2D eigenvalue weighted by molar-refractivity contribution is 0.472. The molecular weight excluding hydrogens is 274 g/mol. The number of nitrogens with one attached hydrogen (secondary N) is 1. The van der Waals surface area contributed by atoms with Crippen molar-refractivity contribution in [3.63, 3.8) is 0 Å². The van der Waals surface area contributed by atoms with Gasteiger partial charge in [0.2, 0.25) is 0 Å². The summed E-state index contributed by atoms with van der Waals surface area (Å²) in [5.41, 5.74) is 0. The van der Waals surface area contributed by atoms with Gasteiger partial charge >= 0.3 is 0 Å². The Balaban J connectivity index is 1.61. The third-order valence-electron chi connectivity index (χ3n) is 4.12. The molecule has 1 aromatic heterocycles. The quantitative estimate of drug-likeness (QED) is 0.829. The van der Waals surface area contributed by atoms with Crippen molar-refractivity contribution >= 4 is 33.0 Å². The van der Waals surface area contributed by atoms with Gasteiger partial charge in [-0.25, -0.2) is 0 Å². The highest BCUT2D eigenvalue weighted by Crippen LogP contribution is 2.35. The summed E-state index contributed by atoms with van der Waals surface area (Å²) in [5, 5.41) is 5.72. The normalized spacial score (nSPS) is 23.3. The monoisotopic (exact) mass is 293 g/mol. The molecule has 3 heteroatoms. The Hall–Kier alpha value is -0.570. The molecule has 102 valence electrons. The molecule has 1 fully saturated rings. The standard InChI is InChI=1S/C16H20ClNS/c1-11-6-7-12(8-11)9-18-10-15-16(17)13-4-2-3-5-14(13)19-15/h2-5,11-12,18H,6-10H2,1H3. The fourth-order valence-corrected chi connectivity index (χ4v) is 4.55. The minimum absolute atomic E-state index is 0.864. The highest BCUT2D eigenvalue weighted by molar-refractivity contribution is 7.19. The fourth-order valence-electron chi connectivity index (χ4n) is 3.08. The predicted molar refractivity (Wildman–Crippen MR) is 85.0 cm³/mol. The number of thiophene rings is 1. The van der Waals surface area contributed by atoms with Crippen LogP contribution in [0.1, 0.15) is 31.1 Å². The van der Waals surface area contributed by atoms with Gasteiger partial charge in [-0.05, 0) is 37.3 Å². The Morgan fingerprint density at radius 3 is 2.89 bits per heavy atom. The van der Waals surface area contributed by atoms with Gasteiger partial charge in [0.15, 0.2) is 0 Å². The van der Waals surface area contributed by atoms with Gasteiger partial charge in [-0.3, -0.25) is 0 Å². The van der Waals surface area contributed by atoms with E-state index in [9.17, 15) is 0 Å². The smallest absolute Gasteiger partial charge is 0.0636 e. The number of rotatable bonds is 4. The van der Waals surface area contributed by atoms with Gasteiger partial charge in [0, 0.05) is 21.5 Å². The topological polar surface area (TPSA) is 12.0 Å². The third kappa shape index (κ3) is 2.96. The highest BCUT2D eigenvalue weighted by atomic mass is 35.5. The van der Waals surface area contributed by atoms with E-state index < -0.39 is 0 Å². The Morgan fingerprint density at radius 2 is 2.16 bits per heavy atom. The second-order valence-corrected chi connectivity index (χ2v) is 7.27. The molecule has 0 bridgehead atoms. The lowest BCUT2D eigenvalue weighted by Gasteiger charge is -2.10. The first kappa shape index (κ1) is 13.4. The summed E-state index contributed by atoms with van der Waals surface area (Å²) < 4.78 is 1.29. The molecule has 1 aliphatic carbocycles. The Bertz CT molecular complexity index is 563. The minimum Gasteiger partial charge on any atom is -0.312 e. The van der Waals surface area contributed by atoms with E-state index in [0.29, 0.717) is 0 Å². The first-order valence-electron chi connectivity index (χ1n) is 7.10. The highest BCUT2D eigenvalue weighted by Gasteiger charge is 2.20. The summed E-state index contributed by atoms with van der Waals surface area (Å²) >= 11 is 8.26. The Kier molecular flexibility index (Phi) is 4.11. The third-order valence-corrected chi connectivity index (χ3v) is 5.84. The summed E-state index contributed by atoms with van der Waals surface area (Å²) in [6.45, 7) is 4.40. The van der Waals surface area contributed by atoms with Crippen LogP contribution in [-0.4, -0.2) is 6.54 Å². The summed E-state index contributed by atoms with van der Waals surface area (Å²) in [7, 11) is 0. The van der Waals surface area contributed by atoms with Crippen molar-refractivity contribution in [2.75, 3.05) is 6.54 Å². The molecule has 1 nitrogen and oxygen atoms in total. The van der Waals surface area contributed by atoms with E-state index >= 15 is 0 Å². The summed E-state index contributed by atoms with van der Waals surface area (Å²) in [6.07, 6.45) is 4.16. The number of benzene rings is 1. The average molecular weight is 294 g/mol. The van der Waals surface area contributed by atoms with Gasteiger partial charge in [-0.1, -0.05) is 43.1 Å². The van der Waals surface area contributed by atoms with Crippen LogP contribution in [-0.2, 0) is 6.54 Å². The lowest BCUT2D eigenvalue weighted by Crippen LogP contribution is -2.20. The van der Waals surface area contributed by atoms with Crippen molar-refractivity contribution in [3.05, 3.63) is 34.2 Å². The molecule has 1 saturated carbocycles. The zero-order valence-electron chi connectivity index (χ0n) is 11.3. The van der Waals surface area contributed by atoms with Gasteiger partial charge in [-0.2, -0.15) is 0 Å². The van der Waals surface area contributed by atoms with Gasteiger partial charge in [0.05, 0.1) is 5.02 Å². The molecule has 19 heavy (non-hydrogen) atoms. The maximum Gasteiger partial charge on any atom is 0.0636 e.